The molecule has 0 amide bonds. The van der Waals surface area contributed by atoms with Crippen LogP contribution in [0.15, 0.2) is 10.8 Å². The first-order valence-electron chi connectivity index (χ1n) is 5.42. The van der Waals surface area contributed by atoms with Crippen LogP contribution < -0.4 is 5.32 Å². The minimum absolute atomic E-state index is 0.0889. The van der Waals surface area contributed by atoms with E-state index in [1.54, 1.807) is 7.11 Å². The Kier molecular flexibility index (Phi) is 3.61. The molecule has 1 saturated carbocycles. The smallest absolute Gasteiger partial charge is 0.148 e. The Labute approximate surface area is 114 Å². The van der Waals surface area contributed by atoms with E-state index in [0.29, 0.717) is 15.7 Å². The molecule has 0 spiro atoms. The fraction of sp³-hybridized carbons (Fsp3) is 0.636. The summed E-state index contributed by atoms with van der Waals surface area (Å²) in [5.74, 6) is 0.734. The van der Waals surface area contributed by atoms with Crippen molar-refractivity contribution in [2.24, 2.45) is 5.41 Å². The molecule has 17 heavy (non-hydrogen) atoms. The van der Waals surface area contributed by atoms with Crippen molar-refractivity contribution in [3.8, 4) is 0 Å². The van der Waals surface area contributed by atoms with Crippen LogP contribution in [0.1, 0.15) is 20.3 Å². The summed E-state index contributed by atoms with van der Waals surface area (Å²) in [6, 6.07) is 0.328. The van der Waals surface area contributed by atoms with Crippen LogP contribution in [-0.2, 0) is 4.74 Å². The second kappa shape index (κ2) is 4.71. The van der Waals surface area contributed by atoms with Crippen molar-refractivity contribution in [1.29, 1.82) is 0 Å². The van der Waals surface area contributed by atoms with Crippen molar-refractivity contribution < 1.29 is 4.74 Å². The average Bonchev–Trinajstić information content (AvgIpc) is 2.29. The number of nitrogens with one attached hydrogen (secondary N) is 1. The van der Waals surface area contributed by atoms with Crippen LogP contribution in [-0.4, -0.2) is 29.2 Å². The minimum Gasteiger partial charge on any atom is -0.381 e. The molecule has 2 atom stereocenters. The van der Waals surface area contributed by atoms with Gasteiger partial charge in [0.05, 0.1) is 10.6 Å². The second-order valence-corrected chi connectivity index (χ2v) is 5.96. The number of hydrogen-bond acceptors (Lipinski definition) is 4. The zero-order valence-corrected chi connectivity index (χ0v) is 12.3. The summed E-state index contributed by atoms with van der Waals surface area (Å²) >= 11 is 9.30. The van der Waals surface area contributed by atoms with E-state index in [-0.39, 0.29) is 11.5 Å². The molecule has 2 unspecified atom stereocenters. The Morgan fingerprint density at radius 1 is 1.53 bits per heavy atom. The van der Waals surface area contributed by atoms with E-state index in [2.05, 4.69) is 45.1 Å². The monoisotopic (exact) mass is 319 g/mol. The van der Waals surface area contributed by atoms with Gasteiger partial charge in [-0.05, 0) is 22.4 Å². The van der Waals surface area contributed by atoms with Gasteiger partial charge in [0.25, 0.3) is 0 Å². The topological polar surface area (TPSA) is 47.0 Å². The summed E-state index contributed by atoms with van der Waals surface area (Å²) in [4.78, 5) is 8.08. The van der Waals surface area contributed by atoms with Gasteiger partial charge in [0, 0.05) is 18.6 Å². The zero-order chi connectivity index (χ0) is 12.6. The molecule has 1 aromatic heterocycles. The maximum atomic E-state index is 5.92. The van der Waals surface area contributed by atoms with Crippen LogP contribution in [0.3, 0.4) is 0 Å². The number of halogens is 2. The largest absolute Gasteiger partial charge is 0.381 e. The van der Waals surface area contributed by atoms with Gasteiger partial charge in [-0.1, -0.05) is 25.4 Å². The molecule has 94 valence electrons. The molecule has 1 N–H and O–H groups in total. The van der Waals surface area contributed by atoms with E-state index in [1.807, 2.05) is 0 Å². The number of nitrogens with zero attached hydrogens (tertiary/aromatic N) is 2. The van der Waals surface area contributed by atoms with Crippen molar-refractivity contribution in [3.05, 3.63) is 16.0 Å². The van der Waals surface area contributed by atoms with E-state index in [9.17, 15) is 0 Å². The lowest BCUT2D eigenvalue weighted by molar-refractivity contribution is -0.0795. The first kappa shape index (κ1) is 13.1. The van der Waals surface area contributed by atoms with Gasteiger partial charge in [0.15, 0.2) is 0 Å². The maximum absolute atomic E-state index is 5.92. The van der Waals surface area contributed by atoms with Gasteiger partial charge in [-0.25, -0.2) is 9.97 Å². The molecular weight excluding hydrogens is 305 g/mol. The molecule has 2 rings (SSSR count). The molecule has 1 fully saturated rings. The van der Waals surface area contributed by atoms with Crippen molar-refractivity contribution in [2.75, 3.05) is 12.4 Å². The zero-order valence-electron chi connectivity index (χ0n) is 10.00. The summed E-state index contributed by atoms with van der Waals surface area (Å²) in [5, 5.41) is 3.80. The lowest BCUT2D eigenvalue weighted by Gasteiger charge is -2.51. The summed E-state index contributed by atoms with van der Waals surface area (Å²) in [7, 11) is 1.75. The van der Waals surface area contributed by atoms with Crippen LogP contribution in [0.4, 0.5) is 5.82 Å². The molecule has 0 aromatic carbocycles. The van der Waals surface area contributed by atoms with Gasteiger partial charge in [0.1, 0.15) is 17.3 Å². The van der Waals surface area contributed by atoms with Gasteiger partial charge in [0.2, 0.25) is 0 Å². The summed E-state index contributed by atoms with van der Waals surface area (Å²) in [6.07, 6.45) is 2.71. The summed E-state index contributed by atoms with van der Waals surface area (Å²) < 4.78 is 6.12. The maximum Gasteiger partial charge on any atom is 0.148 e. The third kappa shape index (κ3) is 2.28. The quantitative estimate of drug-likeness (QED) is 0.869. The van der Waals surface area contributed by atoms with Crippen LogP contribution in [0, 0.1) is 5.41 Å². The molecule has 4 nitrogen and oxygen atoms in total. The van der Waals surface area contributed by atoms with E-state index in [0.717, 1.165) is 12.2 Å². The lowest BCUT2D eigenvalue weighted by atomic mass is 9.64. The lowest BCUT2D eigenvalue weighted by Crippen LogP contribution is -2.57. The van der Waals surface area contributed by atoms with Gasteiger partial charge < -0.3 is 10.1 Å². The van der Waals surface area contributed by atoms with E-state index < -0.39 is 0 Å². The van der Waals surface area contributed by atoms with Gasteiger partial charge in [-0.15, -0.1) is 0 Å². The van der Waals surface area contributed by atoms with Crippen molar-refractivity contribution in [2.45, 2.75) is 32.4 Å². The highest BCUT2D eigenvalue weighted by atomic mass is 79.9. The molecule has 6 heteroatoms. The molecule has 0 aliphatic heterocycles. The minimum atomic E-state index is 0.0889. The molecule has 0 radical (unpaired) electrons. The van der Waals surface area contributed by atoms with Gasteiger partial charge in [-0.3, -0.25) is 0 Å². The number of hydrogen-bond donors (Lipinski definition) is 1. The van der Waals surface area contributed by atoms with Crippen molar-refractivity contribution in [3.63, 3.8) is 0 Å². The Balaban J connectivity index is 2.11. The normalized spacial score (nSPS) is 26.4. The highest BCUT2D eigenvalue weighted by molar-refractivity contribution is 9.10. The number of anilines is 1. The predicted octanol–water partition coefficient (Wildman–Crippen LogP) is 3.12. The van der Waals surface area contributed by atoms with Crippen molar-refractivity contribution >= 4 is 33.3 Å². The van der Waals surface area contributed by atoms with Crippen molar-refractivity contribution in [1.82, 2.24) is 9.97 Å². The summed E-state index contributed by atoms with van der Waals surface area (Å²) in [5.41, 5.74) is 0.0889. The second-order valence-electron chi connectivity index (χ2n) is 4.81. The molecule has 0 bridgehead atoms. The Morgan fingerprint density at radius 3 is 2.82 bits per heavy atom. The summed E-state index contributed by atoms with van der Waals surface area (Å²) in [6.45, 7) is 4.36. The van der Waals surface area contributed by atoms with Crippen LogP contribution in [0.5, 0.6) is 0 Å². The highest BCUT2D eigenvalue weighted by Crippen LogP contribution is 2.44. The van der Waals surface area contributed by atoms with Crippen LogP contribution in [0.25, 0.3) is 0 Å². The van der Waals surface area contributed by atoms with E-state index in [4.69, 9.17) is 16.3 Å². The van der Waals surface area contributed by atoms with Gasteiger partial charge >= 0.3 is 0 Å². The van der Waals surface area contributed by atoms with E-state index in [1.165, 1.54) is 6.33 Å². The molecular formula is C11H15BrClN3O. The Hall–Kier alpha value is -0.390. The van der Waals surface area contributed by atoms with E-state index >= 15 is 0 Å². The SMILES string of the molecule is COC1CC(Nc2ncnc(Cl)c2Br)C1(C)C. The number of aromatic nitrogens is 2. The van der Waals surface area contributed by atoms with Crippen LogP contribution in [0.2, 0.25) is 5.15 Å². The first-order valence-corrected chi connectivity index (χ1v) is 6.59. The molecule has 1 aliphatic carbocycles. The molecule has 1 aliphatic rings. The number of methoxy groups -OCH3 is 1. The highest BCUT2D eigenvalue weighted by Gasteiger charge is 2.48. The van der Waals surface area contributed by atoms with Gasteiger partial charge in [-0.2, -0.15) is 0 Å². The Bertz CT molecular complexity index is 427. The number of ether oxygens (including phenoxy) is 1. The fourth-order valence-corrected chi connectivity index (χ4v) is 2.60. The standard InChI is InChI=1S/C11H15BrClN3O/c1-11(2)6(4-7(11)17-3)16-10-8(12)9(13)14-5-15-10/h5-7H,4H2,1-3H3,(H,14,15,16). The third-order valence-electron chi connectivity index (χ3n) is 3.52. The Morgan fingerprint density at radius 2 is 2.24 bits per heavy atom. The predicted molar refractivity (Wildman–Crippen MR) is 71.3 cm³/mol. The molecule has 1 aromatic rings. The molecule has 1 heterocycles. The van der Waals surface area contributed by atoms with Crippen LogP contribution >= 0.6 is 27.5 Å². The average molecular weight is 321 g/mol. The fourth-order valence-electron chi connectivity index (χ4n) is 2.14. The third-order valence-corrected chi connectivity index (χ3v) is 4.79. The molecule has 0 saturated heterocycles. The number of rotatable bonds is 3. The first-order chi connectivity index (χ1) is 7.96.